The van der Waals surface area contributed by atoms with Gasteiger partial charge in [0.05, 0.1) is 5.69 Å². The van der Waals surface area contributed by atoms with E-state index in [1.807, 2.05) is 18.3 Å². The summed E-state index contributed by atoms with van der Waals surface area (Å²) in [6, 6.07) is 3.88. The molecule has 0 saturated carbocycles. The van der Waals surface area contributed by atoms with Crippen molar-refractivity contribution in [2.24, 2.45) is 0 Å². The molecular formula is C10H16N4. The van der Waals surface area contributed by atoms with E-state index in [1.165, 1.54) is 0 Å². The Morgan fingerprint density at radius 2 is 2.07 bits per heavy atom. The molecule has 1 fully saturated rings. The second-order valence-corrected chi connectivity index (χ2v) is 3.72. The molecule has 2 heterocycles. The van der Waals surface area contributed by atoms with Crippen molar-refractivity contribution < 1.29 is 0 Å². The first-order chi connectivity index (χ1) is 6.77. The van der Waals surface area contributed by atoms with Crippen molar-refractivity contribution in [3.63, 3.8) is 0 Å². The molecule has 0 atom stereocenters. The molecule has 2 N–H and O–H groups in total. The van der Waals surface area contributed by atoms with E-state index in [0.717, 1.165) is 31.9 Å². The Hall–Kier alpha value is -1.29. The Bertz CT molecular complexity index is 296. The number of H-pyrrole nitrogens is 1. The maximum Gasteiger partial charge on any atom is 0.144 e. The van der Waals surface area contributed by atoms with E-state index >= 15 is 0 Å². The van der Waals surface area contributed by atoms with Gasteiger partial charge in [0.2, 0.25) is 0 Å². The molecule has 0 amide bonds. The summed E-state index contributed by atoms with van der Waals surface area (Å²) in [6.07, 6.45) is 1.86. The fraction of sp³-hybridized carbons (Fsp3) is 0.500. The van der Waals surface area contributed by atoms with Gasteiger partial charge in [0, 0.05) is 32.4 Å². The third-order valence-corrected chi connectivity index (χ3v) is 2.67. The van der Waals surface area contributed by atoms with E-state index in [0.29, 0.717) is 5.84 Å². The van der Waals surface area contributed by atoms with Crippen molar-refractivity contribution in [1.82, 2.24) is 14.8 Å². The van der Waals surface area contributed by atoms with Gasteiger partial charge in [-0.3, -0.25) is 5.41 Å². The minimum absolute atomic E-state index is 0.614. The summed E-state index contributed by atoms with van der Waals surface area (Å²) < 4.78 is 0. The Morgan fingerprint density at radius 3 is 2.64 bits per heavy atom. The summed E-state index contributed by atoms with van der Waals surface area (Å²) in [4.78, 5) is 7.47. The Morgan fingerprint density at radius 1 is 1.36 bits per heavy atom. The molecule has 0 bridgehead atoms. The van der Waals surface area contributed by atoms with Gasteiger partial charge in [-0.05, 0) is 19.2 Å². The van der Waals surface area contributed by atoms with E-state index in [-0.39, 0.29) is 0 Å². The van der Waals surface area contributed by atoms with Crippen molar-refractivity contribution in [1.29, 1.82) is 5.41 Å². The molecule has 0 aliphatic carbocycles. The maximum absolute atomic E-state index is 7.98. The molecule has 4 nitrogen and oxygen atoms in total. The molecule has 1 aromatic rings. The van der Waals surface area contributed by atoms with Crippen LogP contribution < -0.4 is 0 Å². The number of aromatic amines is 1. The number of aromatic nitrogens is 1. The van der Waals surface area contributed by atoms with Gasteiger partial charge in [0.25, 0.3) is 0 Å². The van der Waals surface area contributed by atoms with Crippen LogP contribution >= 0.6 is 0 Å². The van der Waals surface area contributed by atoms with E-state index < -0.39 is 0 Å². The van der Waals surface area contributed by atoms with Gasteiger partial charge in [-0.15, -0.1) is 0 Å². The molecule has 2 rings (SSSR count). The van der Waals surface area contributed by atoms with E-state index in [1.54, 1.807) is 0 Å². The molecule has 1 aliphatic rings. The van der Waals surface area contributed by atoms with Crippen LogP contribution in [0.15, 0.2) is 18.3 Å². The van der Waals surface area contributed by atoms with Crippen molar-refractivity contribution in [2.45, 2.75) is 0 Å². The molecule has 4 heteroatoms. The van der Waals surface area contributed by atoms with Crippen LogP contribution in [0.25, 0.3) is 0 Å². The third kappa shape index (κ3) is 1.80. The third-order valence-electron chi connectivity index (χ3n) is 2.67. The number of rotatable bonds is 1. The highest BCUT2D eigenvalue weighted by molar-refractivity contribution is 5.94. The quantitative estimate of drug-likeness (QED) is 0.505. The number of amidine groups is 1. The van der Waals surface area contributed by atoms with Crippen molar-refractivity contribution in [3.8, 4) is 0 Å². The average Bonchev–Trinajstić information content (AvgIpc) is 2.71. The molecule has 1 aromatic heterocycles. The number of piperazine rings is 1. The van der Waals surface area contributed by atoms with Crippen LogP contribution in [0.1, 0.15) is 5.69 Å². The minimum atomic E-state index is 0.614. The molecule has 14 heavy (non-hydrogen) atoms. The number of hydrogen-bond acceptors (Lipinski definition) is 2. The van der Waals surface area contributed by atoms with Crippen LogP contribution in [-0.4, -0.2) is 53.8 Å². The first-order valence-electron chi connectivity index (χ1n) is 4.93. The zero-order chi connectivity index (χ0) is 9.97. The predicted octanol–water partition coefficient (Wildman–Crippen LogP) is 0.587. The van der Waals surface area contributed by atoms with Crippen LogP contribution in [0, 0.1) is 5.41 Å². The highest BCUT2D eigenvalue weighted by Gasteiger charge is 2.17. The van der Waals surface area contributed by atoms with Crippen molar-refractivity contribution in [2.75, 3.05) is 33.2 Å². The van der Waals surface area contributed by atoms with Crippen LogP contribution in [0.3, 0.4) is 0 Å². The lowest BCUT2D eigenvalue weighted by Crippen LogP contribution is -2.47. The van der Waals surface area contributed by atoms with Crippen molar-refractivity contribution in [3.05, 3.63) is 24.0 Å². The Labute approximate surface area is 84.0 Å². The molecule has 0 aromatic carbocycles. The second-order valence-electron chi connectivity index (χ2n) is 3.72. The SMILES string of the molecule is CN1CCN(C(=N)c2ccc[nH]2)CC1. The van der Waals surface area contributed by atoms with Crippen LogP contribution in [-0.2, 0) is 0 Å². The van der Waals surface area contributed by atoms with Gasteiger partial charge < -0.3 is 14.8 Å². The summed E-state index contributed by atoms with van der Waals surface area (Å²) in [5.74, 6) is 0.614. The van der Waals surface area contributed by atoms with Crippen LogP contribution in [0.5, 0.6) is 0 Å². The normalized spacial score (nSPS) is 18.5. The Kier molecular flexibility index (Phi) is 2.54. The monoisotopic (exact) mass is 192 g/mol. The first kappa shape index (κ1) is 9.27. The highest BCUT2D eigenvalue weighted by Crippen LogP contribution is 2.05. The molecule has 1 saturated heterocycles. The van der Waals surface area contributed by atoms with Gasteiger partial charge in [-0.25, -0.2) is 0 Å². The van der Waals surface area contributed by atoms with E-state index in [9.17, 15) is 0 Å². The second kappa shape index (κ2) is 3.84. The molecular weight excluding hydrogens is 176 g/mol. The topological polar surface area (TPSA) is 46.1 Å². The van der Waals surface area contributed by atoms with Gasteiger partial charge in [0.1, 0.15) is 5.84 Å². The van der Waals surface area contributed by atoms with Crippen LogP contribution in [0.4, 0.5) is 0 Å². The zero-order valence-corrected chi connectivity index (χ0v) is 8.45. The van der Waals surface area contributed by atoms with Crippen LogP contribution in [0.2, 0.25) is 0 Å². The molecule has 1 aliphatic heterocycles. The fourth-order valence-corrected chi connectivity index (χ4v) is 1.68. The highest BCUT2D eigenvalue weighted by atomic mass is 15.3. The summed E-state index contributed by atoms with van der Waals surface area (Å²) in [7, 11) is 2.12. The smallest absolute Gasteiger partial charge is 0.144 e. The summed E-state index contributed by atoms with van der Waals surface area (Å²) >= 11 is 0. The lowest BCUT2D eigenvalue weighted by Gasteiger charge is -2.33. The van der Waals surface area contributed by atoms with Crippen molar-refractivity contribution >= 4 is 5.84 Å². The lowest BCUT2D eigenvalue weighted by atomic mass is 10.3. The largest absolute Gasteiger partial charge is 0.359 e. The summed E-state index contributed by atoms with van der Waals surface area (Å²) in [5.41, 5.74) is 0.912. The standard InChI is InChI=1S/C10H16N4/c1-13-5-7-14(8-6-13)10(11)9-3-2-4-12-9/h2-4,11-12H,5-8H2,1H3. The number of nitrogens with one attached hydrogen (secondary N) is 2. The molecule has 76 valence electrons. The van der Waals surface area contributed by atoms with Gasteiger partial charge >= 0.3 is 0 Å². The fourth-order valence-electron chi connectivity index (χ4n) is 1.68. The minimum Gasteiger partial charge on any atom is -0.359 e. The predicted molar refractivity (Wildman–Crippen MR) is 56.7 cm³/mol. The summed E-state index contributed by atoms with van der Waals surface area (Å²) in [6.45, 7) is 3.99. The molecule has 0 unspecified atom stereocenters. The lowest BCUT2D eigenvalue weighted by molar-refractivity contribution is 0.215. The maximum atomic E-state index is 7.98. The average molecular weight is 192 g/mol. The van der Waals surface area contributed by atoms with Gasteiger partial charge in [0.15, 0.2) is 0 Å². The van der Waals surface area contributed by atoms with Gasteiger partial charge in [-0.2, -0.15) is 0 Å². The zero-order valence-electron chi connectivity index (χ0n) is 8.45. The van der Waals surface area contributed by atoms with E-state index in [2.05, 4.69) is 21.8 Å². The Balaban J connectivity index is 1.99. The summed E-state index contributed by atoms with van der Waals surface area (Å²) in [5, 5.41) is 7.98. The first-order valence-corrected chi connectivity index (χ1v) is 4.93. The molecule has 0 radical (unpaired) electrons. The number of hydrogen-bond donors (Lipinski definition) is 2. The number of likely N-dealkylation sites (N-methyl/N-ethyl adjacent to an activating group) is 1. The van der Waals surface area contributed by atoms with E-state index in [4.69, 9.17) is 5.41 Å². The molecule has 0 spiro atoms. The van der Waals surface area contributed by atoms with Gasteiger partial charge in [-0.1, -0.05) is 0 Å². The number of nitrogens with zero attached hydrogens (tertiary/aromatic N) is 2.